The smallest absolute Gasteiger partial charge is 0.0632 e. The van der Waals surface area contributed by atoms with Crippen molar-refractivity contribution < 1.29 is 0 Å². The molecule has 0 saturated heterocycles. The Bertz CT molecular complexity index is 3940. The first-order valence-corrected chi connectivity index (χ1v) is 24.7. The van der Waals surface area contributed by atoms with Crippen molar-refractivity contribution in [2.45, 2.75) is 25.8 Å². The molecule has 0 fully saturated rings. The number of para-hydroxylation sites is 2. The summed E-state index contributed by atoms with van der Waals surface area (Å²) >= 11 is 0. The highest BCUT2D eigenvalue weighted by molar-refractivity contribution is 6.12. The predicted octanol–water partition coefficient (Wildman–Crippen LogP) is 17.5. The third-order valence-electron chi connectivity index (χ3n) is 15.2. The SMILES string of the molecule is CC1C=Cc2c(c3ccccc3n2-c2ccc(-c3ccc4c(c3)c3cc(-c5ccc(N6c7ccccc7C7=CC=CCC76)cc5)ccc3n4-c3ccc(-c4ccccc4)cc3-c3ccccc3)cc2)C1. The number of nitrogens with zero attached hydrogens (tertiary/aromatic N) is 3. The molecule has 0 spiro atoms. The number of rotatable bonds is 7. The van der Waals surface area contributed by atoms with Crippen molar-refractivity contribution in [2.24, 2.45) is 5.92 Å². The molecule has 2 aliphatic carbocycles. The molecule has 332 valence electrons. The molecular weight excluding hydrogens is 847 g/mol. The zero-order chi connectivity index (χ0) is 46.3. The van der Waals surface area contributed by atoms with Gasteiger partial charge in [0.05, 0.1) is 28.3 Å². The van der Waals surface area contributed by atoms with Crippen LogP contribution in [0.3, 0.4) is 0 Å². The van der Waals surface area contributed by atoms with E-state index in [1.807, 2.05) is 0 Å². The van der Waals surface area contributed by atoms with E-state index in [0.29, 0.717) is 12.0 Å². The number of aromatic nitrogens is 2. The lowest BCUT2D eigenvalue weighted by Crippen LogP contribution is -2.26. The molecule has 3 nitrogen and oxygen atoms in total. The normalized spacial score (nSPS) is 15.9. The van der Waals surface area contributed by atoms with Gasteiger partial charge < -0.3 is 14.0 Å². The Morgan fingerprint density at radius 1 is 0.429 bits per heavy atom. The van der Waals surface area contributed by atoms with Crippen LogP contribution < -0.4 is 4.90 Å². The summed E-state index contributed by atoms with van der Waals surface area (Å²) in [6.45, 7) is 2.31. The molecule has 0 N–H and O–H groups in total. The van der Waals surface area contributed by atoms with Crippen LogP contribution in [0.15, 0.2) is 237 Å². The zero-order valence-corrected chi connectivity index (χ0v) is 39.0. The molecule has 1 aliphatic heterocycles. The van der Waals surface area contributed by atoms with Gasteiger partial charge >= 0.3 is 0 Å². The largest absolute Gasteiger partial charge is 0.333 e. The summed E-state index contributed by atoms with van der Waals surface area (Å²) in [5.74, 6) is 0.532. The quantitative estimate of drug-likeness (QED) is 0.155. The van der Waals surface area contributed by atoms with Gasteiger partial charge in [-0.1, -0.05) is 171 Å². The van der Waals surface area contributed by atoms with Crippen molar-refractivity contribution in [1.29, 1.82) is 0 Å². The molecule has 70 heavy (non-hydrogen) atoms. The van der Waals surface area contributed by atoms with Gasteiger partial charge in [-0.05, 0) is 148 Å². The minimum absolute atomic E-state index is 0.309. The summed E-state index contributed by atoms with van der Waals surface area (Å²) in [6, 6.07) is 79.2. The van der Waals surface area contributed by atoms with Crippen LogP contribution in [0.5, 0.6) is 0 Å². The summed E-state index contributed by atoms with van der Waals surface area (Å²) in [5.41, 5.74) is 23.5. The minimum atomic E-state index is 0.309. The van der Waals surface area contributed by atoms with Crippen molar-refractivity contribution in [3.8, 4) is 55.9 Å². The van der Waals surface area contributed by atoms with E-state index in [1.165, 1.54) is 117 Å². The Labute approximate surface area is 408 Å². The van der Waals surface area contributed by atoms with E-state index in [2.05, 4.69) is 264 Å². The number of anilines is 2. The van der Waals surface area contributed by atoms with Gasteiger partial charge in [0.1, 0.15) is 0 Å². The molecule has 2 atom stereocenters. The second-order valence-electron chi connectivity index (χ2n) is 19.3. The number of hydrogen-bond acceptors (Lipinski definition) is 1. The lowest BCUT2D eigenvalue weighted by atomic mass is 9.93. The topological polar surface area (TPSA) is 13.1 Å². The van der Waals surface area contributed by atoms with Gasteiger partial charge in [-0.15, -0.1) is 0 Å². The van der Waals surface area contributed by atoms with Crippen LogP contribution in [0.2, 0.25) is 0 Å². The van der Waals surface area contributed by atoms with E-state index in [9.17, 15) is 0 Å². The van der Waals surface area contributed by atoms with Gasteiger partial charge in [0.15, 0.2) is 0 Å². The van der Waals surface area contributed by atoms with Crippen molar-refractivity contribution in [2.75, 3.05) is 4.90 Å². The molecule has 0 radical (unpaired) electrons. The molecule has 9 aromatic carbocycles. The molecule has 3 aliphatic rings. The molecule has 0 saturated carbocycles. The standard InChI is InChI=1S/C67H49N3/c1-44-24-36-65-58(40-44)56-20-10-13-23-63(56)69(65)53-34-27-47(28-35-53)51-31-39-67-60(43-51)59-42-50(46-25-32-52(33-26-46)68-61-21-11-8-18-54(61)55-19-9-12-22-62(55)68)30-38-66(59)70(67)64-37-29-49(45-14-4-2-5-15-45)41-57(64)48-16-6-3-7-17-48/h2-21,23-39,41-44,62H,22,40H2,1H3. The molecule has 3 heterocycles. The van der Waals surface area contributed by atoms with Crippen LogP contribution >= 0.6 is 0 Å². The Morgan fingerprint density at radius 2 is 1.00 bits per heavy atom. The first-order valence-electron chi connectivity index (χ1n) is 24.7. The highest BCUT2D eigenvalue weighted by atomic mass is 15.2. The van der Waals surface area contributed by atoms with E-state index in [-0.39, 0.29) is 0 Å². The zero-order valence-electron chi connectivity index (χ0n) is 39.0. The maximum atomic E-state index is 2.53. The predicted molar refractivity (Wildman–Crippen MR) is 295 cm³/mol. The highest BCUT2D eigenvalue weighted by Crippen LogP contribution is 2.48. The Hall–Kier alpha value is -8.66. The van der Waals surface area contributed by atoms with Gasteiger partial charge in [-0.3, -0.25) is 0 Å². The average molecular weight is 896 g/mol. The van der Waals surface area contributed by atoms with Gasteiger partial charge in [0.2, 0.25) is 0 Å². The second-order valence-corrected chi connectivity index (χ2v) is 19.3. The van der Waals surface area contributed by atoms with Crippen LogP contribution in [0.1, 0.15) is 30.2 Å². The second kappa shape index (κ2) is 16.3. The third-order valence-corrected chi connectivity index (χ3v) is 15.2. The number of hydrogen-bond donors (Lipinski definition) is 0. The summed E-state index contributed by atoms with van der Waals surface area (Å²) < 4.78 is 4.94. The lowest BCUT2D eigenvalue weighted by Gasteiger charge is -2.28. The third kappa shape index (κ3) is 6.49. The molecular formula is C67H49N3. The summed E-state index contributed by atoms with van der Waals surface area (Å²) in [6.07, 6.45) is 13.5. The molecule has 14 rings (SSSR count). The van der Waals surface area contributed by atoms with E-state index in [1.54, 1.807) is 0 Å². The Morgan fingerprint density at radius 3 is 1.73 bits per heavy atom. The van der Waals surface area contributed by atoms with Crippen LogP contribution in [-0.2, 0) is 6.42 Å². The average Bonchev–Trinajstić information content (AvgIpc) is 4.06. The fourth-order valence-corrected chi connectivity index (χ4v) is 11.8. The molecule has 11 aromatic rings. The highest BCUT2D eigenvalue weighted by Gasteiger charge is 2.34. The Kier molecular flexibility index (Phi) is 9.38. The monoisotopic (exact) mass is 895 g/mol. The Balaban J connectivity index is 0.911. The van der Waals surface area contributed by atoms with Crippen molar-refractivity contribution >= 4 is 55.7 Å². The molecule has 3 heteroatoms. The molecule has 2 unspecified atom stereocenters. The molecule has 0 bridgehead atoms. The first-order chi connectivity index (χ1) is 34.6. The minimum Gasteiger partial charge on any atom is -0.333 e. The fourth-order valence-electron chi connectivity index (χ4n) is 11.8. The lowest BCUT2D eigenvalue weighted by molar-refractivity contribution is 0.718. The van der Waals surface area contributed by atoms with E-state index in [4.69, 9.17) is 0 Å². The van der Waals surface area contributed by atoms with E-state index in [0.717, 1.165) is 18.5 Å². The van der Waals surface area contributed by atoms with Gasteiger partial charge in [-0.25, -0.2) is 0 Å². The number of benzene rings is 9. The summed E-state index contributed by atoms with van der Waals surface area (Å²) in [4.78, 5) is 2.53. The van der Waals surface area contributed by atoms with E-state index < -0.39 is 0 Å². The number of allylic oxidation sites excluding steroid dienone is 3. The molecule has 0 amide bonds. The van der Waals surface area contributed by atoms with Crippen LogP contribution in [0.25, 0.3) is 100 Å². The number of fused-ring (bicyclic) bond motifs is 9. The fraction of sp³-hybridized carbons (Fsp3) is 0.0746. The van der Waals surface area contributed by atoms with Crippen molar-refractivity contribution in [3.63, 3.8) is 0 Å². The van der Waals surface area contributed by atoms with Gasteiger partial charge in [-0.2, -0.15) is 0 Å². The maximum absolute atomic E-state index is 2.53. The van der Waals surface area contributed by atoms with Crippen LogP contribution in [0, 0.1) is 5.92 Å². The van der Waals surface area contributed by atoms with Gasteiger partial charge in [0.25, 0.3) is 0 Å². The summed E-state index contributed by atoms with van der Waals surface area (Å²) in [7, 11) is 0. The summed E-state index contributed by atoms with van der Waals surface area (Å²) in [5, 5.41) is 3.81. The van der Waals surface area contributed by atoms with Gasteiger partial charge in [0, 0.05) is 50.0 Å². The maximum Gasteiger partial charge on any atom is 0.0632 e. The van der Waals surface area contributed by atoms with Crippen LogP contribution in [-0.4, -0.2) is 15.2 Å². The van der Waals surface area contributed by atoms with Crippen molar-refractivity contribution in [1.82, 2.24) is 9.13 Å². The van der Waals surface area contributed by atoms with E-state index >= 15 is 0 Å². The first kappa shape index (κ1) is 40.4. The molecule has 2 aromatic heterocycles. The van der Waals surface area contributed by atoms with Crippen LogP contribution in [0.4, 0.5) is 11.4 Å². The van der Waals surface area contributed by atoms with Crippen molar-refractivity contribution in [3.05, 3.63) is 253 Å².